The number of hydrogen-bond donors (Lipinski definition) is 0. The Morgan fingerprint density at radius 3 is 2.68 bits per heavy atom. The second-order valence-corrected chi connectivity index (χ2v) is 4.79. The number of hydrogen-bond acceptors (Lipinski definition) is 4. The third-order valence-corrected chi connectivity index (χ3v) is 3.69. The molecular weight excluding hydrogens is 242 g/mol. The molecule has 106 valence electrons. The molecule has 4 heteroatoms. The average Bonchev–Trinajstić information content (AvgIpc) is 2.90. The normalized spacial score (nSPS) is 17.6. The molecule has 0 atom stereocenters. The Kier molecular flexibility index (Phi) is 4.77. The lowest BCUT2D eigenvalue weighted by atomic mass is 10.1. The van der Waals surface area contributed by atoms with Crippen LogP contribution in [0.3, 0.4) is 0 Å². The van der Waals surface area contributed by atoms with Gasteiger partial charge < -0.3 is 14.2 Å². The van der Waals surface area contributed by atoms with Crippen molar-refractivity contribution < 1.29 is 14.2 Å². The molecule has 0 unspecified atom stereocenters. The number of pyridine rings is 1. The first kappa shape index (κ1) is 14.3. The van der Waals surface area contributed by atoms with Crippen LogP contribution in [0, 0.1) is 6.92 Å². The Hall–Kier alpha value is -1.13. The molecule has 0 radical (unpaired) electrons. The standard InChI is InChI=1S/C15H23NO3/c1-4-13-12(3)14(6-8-16-13)17-9-7-15(5-2)18-10-11-19-15/h6,8H,4-5,7,9-11H2,1-3H3. The summed E-state index contributed by atoms with van der Waals surface area (Å²) >= 11 is 0. The minimum atomic E-state index is -0.436. The van der Waals surface area contributed by atoms with Crippen molar-refractivity contribution in [2.24, 2.45) is 0 Å². The quantitative estimate of drug-likeness (QED) is 0.793. The van der Waals surface area contributed by atoms with Gasteiger partial charge in [0.15, 0.2) is 5.79 Å². The first-order chi connectivity index (χ1) is 9.21. The molecule has 2 rings (SSSR count). The van der Waals surface area contributed by atoms with Gasteiger partial charge in [-0.2, -0.15) is 0 Å². The summed E-state index contributed by atoms with van der Waals surface area (Å²) in [6, 6.07) is 1.92. The van der Waals surface area contributed by atoms with E-state index in [1.807, 2.05) is 6.07 Å². The van der Waals surface area contributed by atoms with E-state index in [1.54, 1.807) is 6.20 Å². The third kappa shape index (κ3) is 3.25. The molecule has 0 spiro atoms. The van der Waals surface area contributed by atoms with Crippen LogP contribution < -0.4 is 4.74 Å². The van der Waals surface area contributed by atoms with Gasteiger partial charge in [-0.05, 0) is 25.8 Å². The molecule has 1 saturated heterocycles. The van der Waals surface area contributed by atoms with Crippen LogP contribution in [-0.4, -0.2) is 30.6 Å². The van der Waals surface area contributed by atoms with E-state index in [0.29, 0.717) is 19.8 Å². The zero-order valence-electron chi connectivity index (χ0n) is 12.1. The Bertz CT molecular complexity index is 414. The first-order valence-corrected chi connectivity index (χ1v) is 7.06. The van der Waals surface area contributed by atoms with Gasteiger partial charge in [-0.3, -0.25) is 4.98 Å². The molecule has 2 heterocycles. The largest absolute Gasteiger partial charge is 0.493 e. The van der Waals surface area contributed by atoms with Crippen molar-refractivity contribution in [3.05, 3.63) is 23.5 Å². The number of ether oxygens (including phenoxy) is 3. The SMILES string of the molecule is CCc1nccc(OCCC2(CC)OCCO2)c1C. The molecule has 1 aromatic heterocycles. The number of aryl methyl sites for hydroxylation is 1. The van der Waals surface area contributed by atoms with Crippen LogP contribution in [0.5, 0.6) is 5.75 Å². The maximum absolute atomic E-state index is 5.87. The van der Waals surface area contributed by atoms with Gasteiger partial charge in [0.1, 0.15) is 5.75 Å². The predicted molar refractivity (Wildman–Crippen MR) is 73.4 cm³/mol. The van der Waals surface area contributed by atoms with Gasteiger partial charge in [-0.1, -0.05) is 13.8 Å². The van der Waals surface area contributed by atoms with Crippen molar-refractivity contribution >= 4 is 0 Å². The van der Waals surface area contributed by atoms with Crippen LogP contribution in [0.1, 0.15) is 37.9 Å². The lowest BCUT2D eigenvalue weighted by molar-refractivity contribution is -0.167. The van der Waals surface area contributed by atoms with E-state index >= 15 is 0 Å². The van der Waals surface area contributed by atoms with E-state index < -0.39 is 5.79 Å². The maximum atomic E-state index is 5.87. The number of nitrogens with zero attached hydrogens (tertiary/aromatic N) is 1. The molecule has 0 amide bonds. The van der Waals surface area contributed by atoms with Crippen LogP contribution in [0.25, 0.3) is 0 Å². The minimum Gasteiger partial charge on any atom is -0.493 e. The smallest absolute Gasteiger partial charge is 0.171 e. The molecular formula is C15H23NO3. The van der Waals surface area contributed by atoms with Crippen molar-refractivity contribution in [1.29, 1.82) is 0 Å². The molecule has 19 heavy (non-hydrogen) atoms. The predicted octanol–water partition coefficient (Wildman–Crippen LogP) is 2.87. The second-order valence-electron chi connectivity index (χ2n) is 4.79. The topological polar surface area (TPSA) is 40.6 Å². The third-order valence-electron chi connectivity index (χ3n) is 3.69. The summed E-state index contributed by atoms with van der Waals surface area (Å²) in [5.74, 6) is 0.477. The molecule has 1 aromatic rings. The Morgan fingerprint density at radius 2 is 2.05 bits per heavy atom. The zero-order chi connectivity index (χ0) is 13.7. The van der Waals surface area contributed by atoms with Crippen molar-refractivity contribution in [3.63, 3.8) is 0 Å². The van der Waals surface area contributed by atoms with E-state index in [-0.39, 0.29) is 0 Å². The summed E-state index contributed by atoms with van der Waals surface area (Å²) < 4.78 is 17.2. The van der Waals surface area contributed by atoms with Crippen molar-refractivity contribution in [3.8, 4) is 5.75 Å². The fourth-order valence-electron chi connectivity index (χ4n) is 2.41. The highest BCUT2D eigenvalue weighted by Crippen LogP contribution is 2.28. The van der Waals surface area contributed by atoms with Gasteiger partial charge in [0, 0.05) is 23.9 Å². The van der Waals surface area contributed by atoms with Crippen LogP contribution in [0.4, 0.5) is 0 Å². The van der Waals surface area contributed by atoms with Crippen LogP contribution in [0.15, 0.2) is 12.3 Å². The second kappa shape index (κ2) is 6.35. The van der Waals surface area contributed by atoms with Gasteiger partial charge in [0.05, 0.1) is 19.8 Å². The monoisotopic (exact) mass is 265 g/mol. The van der Waals surface area contributed by atoms with Gasteiger partial charge in [-0.25, -0.2) is 0 Å². The van der Waals surface area contributed by atoms with Gasteiger partial charge >= 0.3 is 0 Å². The molecule has 0 aromatic carbocycles. The van der Waals surface area contributed by atoms with Crippen LogP contribution >= 0.6 is 0 Å². The number of aromatic nitrogens is 1. The summed E-state index contributed by atoms with van der Waals surface area (Å²) in [5.41, 5.74) is 2.22. The van der Waals surface area contributed by atoms with Crippen LogP contribution in [0.2, 0.25) is 0 Å². The molecule has 1 aliphatic rings. The van der Waals surface area contributed by atoms with E-state index in [2.05, 4.69) is 25.8 Å². The molecule has 4 nitrogen and oxygen atoms in total. The van der Waals surface area contributed by atoms with Crippen molar-refractivity contribution in [2.75, 3.05) is 19.8 Å². The van der Waals surface area contributed by atoms with Gasteiger partial charge in [0.25, 0.3) is 0 Å². The molecule has 1 aliphatic heterocycles. The number of rotatable bonds is 6. The summed E-state index contributed by atoms with van der Waals surface area (Å²) in [6.07, 6.45) is 4.34. The van der Waals surface area contributed by atoms with E-state index in [1.165, 1.54) is 0 Å². The van der Waals surface area contributed by atoms with Gasteiger partial charge in [-0.15, -0.1) is 0 Å². The zero-order valence-corrected chi connectivity index (χ0v) is 12.1. The maximum Gasteiger partial charge on any atom is 0.171 e. The summed E-state index contributed by atoms with van der Waals surface area (Å²) in [6.45, 7) is 8.20. The highest BCUT2D eigenvalue weighted by Gasteiger charge is 2.34. The Labute approximate surface area is 115 Å². The lowest BCUT2D eigenvalue weighted by Crippen LogP contribution is -2.31. The first-order valence-electron chi connectivity index (χ1n) is 7.06. The van der Waals surface area contributed by atoms with Crippen molar-refractivity contribution in [2.45, 2.75) is 45.8 Å². The lowest BCUT2D eigenvalue weighted by Gasteiger charge is -2.25. The minimum absolute atomic E-state index is 0.436. The van der Waals surface area contributed by atoms with Crippen LogP contribution in [-0.2, 0) is 15.9 Å². The van der Waals surface area contributed by atoms with Gasteiger partial charge in [0.2, 0.25) is 0 Å². The summed E-state index contributed by atoms with van der Waals surface area (Å²) in [4.78, 5) is 4.34. The van der Waals surface area contributed by atoms with E-state index in [0.717, 1.165) is 36.3 Å². The summed E-state index contributed by atoms with van der Waals surface area (Å²) in [5, 5.41) is 0. The molecule has 0 N–H and O–H groups in total. The average molecular weight is 265 g/mol. The molecule has 0 bridgehead atoms. The highest BCUT2D eigenvalue weighted by atomic mass is 16.7. The molecule has 0 aliphatic carbocycles. The molecule has 0 saturated carbocycles. The summed E-state index contributed by atoms with van der Waals surface area (Å²) in [7, 11) is 0. The highest BCUT2D eigenvalue weighted by molar-refractivity contribution is 5.34. The molecule has 1 fully saturated rings. The fourth-order valence-corrected chi connectivity index (χ4v) is 2.41. The Morgan fingerprint density at radius 1 is 1.32 bits per heavy atom. The van der Waals surface area contributed by atoms with Crippen molar-refractivity contribution in [1.82, 2.24) is 4.98 Å². The fraction of sp³-hybridized carbons (Fsp3) is 0.667. The Balaban J connectivity index is 1.92. The van der Waals surface area contributed by atoms with E-state index in [9.17, 15) is 0 Å². The van der Waals surface area contributed by atoms with E-state index in [4.69, 9.17) is 14.2 Å².